The highest BCUT2D eigenvalue weighted by Gasteiger charge is 2.13. The van der Waals surface area contributed by atoms with E-state index in [2.05, 4.69) is 18.8 Å². The molecular formula is C20H22FNO. The zero-order chi connectivity index (χ0) is 16.8. The van der Waals surface area contributed by atoms with Crippen LogP contribution in [0.25, 0.3) is 5.57 Å². The van der Waals surface area contributed by atoms with Crippen molar-refractivity contribution < 1.29 is 9.18 Å². The second kappa shape index (κ2) is 7.73. The van der Waals surface area contributed by atoms with Crippen molar-refractivity contribution in [2.24, 2.45) is 0 Å². The highest BCUT2D eigenvalue weighted by atomic mass is 19.1. The van der Waals surface area contributed by atoms with Gasteiger partial charge in [-0.15, -0.1) is 0 Å². The number of benzene rings is 2. The van der Waals surface area contributed by atoms with Gasteiger partial charge in [-0.2, -0.15) is 0 Å². The summed E-state index contributed by atoms with van der Waals surface area (Å²) in [5.41, 5.74) is 3.21. The number of allylic oxidation sites excluding steroid dienone is 1. The normalized spacial score (nSPS) is 10.4. The number of hydrogen-bond acceptors (Lipinski definition) is 1. The Bertz CT molecular complexity index is 721. The predicted octanol–water partition coefficient (Wildman–Crippen LogP) is 5.45. The summed E-state index contributed by atoms with van der Waals surface area (Å²) in [6, 6.07) is 12.2. The number of anilines is 1. The van der Waals surface area contributed by atoms with Crippen LogP contribution in [-0.4, -0.2) is 5.91 Å². The number of nitrogens with one attached hydrogen (secondary N) is 1. The van der Waals surface area contributed by atoms with Crippen LogP contribution in [-0.2, 0) is 6.42 Å². The maximum Gasteiger partial charge on any atom is 0.256 e. The van der Waals surface area contributed by atoms with Gasteiger partial charge in [0.25, 0.3) is 5.91 Å². The van der Waals surface area contributed by atoms with Crippen molar-refractivity contribution in [2.45, 2.75) is 33.1 Å². The molecule has 0 aliphatic carbocycles. The van der Waals surface area contributed by atoms with E-state index in [1.807, 2.05) is 25.1 Å². The maximum absolute atomic E-state index is 14.2. The van der Waals surface area contributed by atoms with Crippen LogP contribution in [0.2, 0.25) is 0 Å². The minimum Gasteiger partial charge on any atom is -0.319 e. The first-order valence-corrected chi connectivity index (χ1v) is 7.87. The van der Waals surface area contributed by atoms with Crippen LogP contribution in [0, 0.1) is 5.82 Å². The van der Waals surface area contributed by atoms with E-state index < -0.39 is 5.82 Å². The second-order valence-corrected chi connectivity index (χ2v) is 5.70. The Morgan fingerprint density at radius 1 is 1.17 bits per heavy atom. The van der Waals surface area contributed by atoms with E-state index in [1.54, 1.807) is 18.2 Å². The Balaban J connectivity index is 2.19. The third-order valence-corrected chi connectivity index (χ3v) is 3.73. The molecule has 0 unspecified atom stereocenters. The molecule has 120 valence electrons. The molecule has 2 aromatic carbocycles. The van der Waals surface area contributed by atoms with Gasteiger partial charge in [-0.25, -0.2) is 4.39 Å². The Hall–Kier alpha value is -2.42. The van der Waals surface area contributed by atoms with Crippen molar-refractivity contribution in [2.75, 3.05) is 5.32 Å². The van der Waals surface area contributed by atoms with Gasteiger partial charge in [-0.05, 0) is 49.1 Å². The topological polar surface area (TPSA) is 29.1 Å². The van der Waals surface area contributed by atoms with E-state index in [-0.39, 0.29) is 11.6 Å². The number of halogens is 1. The summed E-state index contributed by atoms with van der Waals surface area (Å²) in [5.74, 6) is -0.733. The van der Waals surface area contributed by atoms with Gasteiger partial charge < -0.3 is 5.32 Å². The first-order valence-electron chi connectivity index (χ1n) is 7.87. The molecule has 0 atom stereocenters. The molecule has 23 heavy (non-hydrogen) atoms. The summed E-state index contributed by atoms with van der Waals surface area (Å²) in [6.45, 7) is 7.82. The summed E-state index contributed by atoms with van der Waals surface area (Å²) in [7, 11) is 0. The molecule has 2 rings (SSSR count). The van der Waals surface area contributed by atoms with Gasteiger partial charge in [0.05, 0.1) is 5.69 Å². The number of carbonyl (C=O) groups is 1. The molecule has 2 aromatic rings. The van der Waals surface area contributed by atoms with Gasteiger partial charge in [0, 0.05) is 5.56 Å². The van der Waals surface area contributed by atoms with E-state index in [9.17, 15) is 9.18 Å². The van der Waals surface area contributed by atoms with Crippen molar-refractivity contribution in [3.63, 3.8) is 0 Å². The lowest BCUT2D eigenvalue weighted by molar-refractivity contribution is 0.102. The monoisotopic (exact) mass is 311 g/mol. The third-order valence-electron chi connectivity index (χ3n) is 3.73. The zero-order valence-electron chi connectivity index (χ0n) is 13.7. The van der Waals surface area contributed by atoms with Gasteiger partial charge >= 0.3 is 0 Å². The van der Waals surface area contributed by atoms with Crippen LogP contribution in [0.1, 0.15) is 48.2 Å². The quantitative estimate of drug-likeness (QED) is 0.754. The zero-order valence-corrected chi connectivity index (χ0v) is 13.7. The minimum atomic E-state index is -0.403. The maximum atomic E-state index is 14.2. The smallest absolute Gasteiger partial charge is 0.256 e. The van der Waals surface area contributed by atoms with Gasteiger partial charge in [-0.1, -0.05) is 49.8 Å². The molecule has 0 aliphatic heterocycles. The van der Waals surface area contributed by atoms with Gasteiger partial charge in [-0.3, -0.25) is 4.79 Å². The fourth-order valence-corrected chi connectivity index (χ4v) is 2.44. The highest BCUT2D eigenvalue weighted by molar-refractivity contribution is 6.07. The number of amides is 1. The van der Waals surface area contributed by atoms with Crippen LogP contribution < -0.4 is 5.32 Å². The Kier molecular flexibility index (Phi) is 5.69. The summed E-state index contributed by atoms with van der Waals surface area (Å²) in [5, 5.41) is 2.65. The van der Waals surface area contributed by atoms with Crippen molar-refractivity contribution in [3.8, 4) is 0 Å². The van der Waals surface area contributed by atoms with E-state index >= 15 is 0 Å². The third kappa shape index (κ3) is 4.28. The van der Waals surface area contributed by atoms with Crippen LogP contribution in [0.15, 0.2) is 49.0 Å². The largest absolute Gasteiger partial charge is 0.319 e. The molecule has 0 fully saturated rings. The summed E-state index contributed by atoms with van der Waals surface area (Å²) >= 11 is 0. The molecule has 0 radical (unpaired) electrons. The lowest BCUT2D eigenvalue weighted by Crippen LogP contribution is -2.15. The van der Waals surface area contributed by atoms with Gasteiger partial charge in [0.2, 0.25) is 0 Å². The van der Waals surface area contributed by atoms with Crippen molar-refractivity contribution in [3.05, 3.63) is 71.6 Å². The fourth-order valence-electron chi connectivity index (χ4n) is 2.44. The number of hydrogen-bond donors (Lipinski definition) is 1. The second-order valence-electron chi connectivity index (χ2n) is 5.70. The summed E-state index contributed by atoms with van der Waals surface area (Å²) in [6.07, 6.45) is 2.94. The van der Waals surface area contributed by atoms with Gasteiger partial charge in [0.15, 0.2) is 0 Å². The Morgan fingerprint density at radius 3 is 2.48 bits per heavy atom. The summed E-state index contributed by atoms with van der Waals surface area (Å²) in [4.78, 5) is 12.4. The molecule has 3 heteroatoms. The molecule has 2 nitrogen and oxygen atoms in total. The lowest BCUT2D eigenvalue weighted by atomic mass is 10.0. The lowest BCUT2D eigenvalue weighted by Gasteiger charge is -2.11. The summed E-state index contributed by atoms with van der Waals surface area (Å²) < 4.78 is 14.2. The van der Waals surface area contributed by atoms with Gasteiger partial charge in [0.1, 0.15) is 5.82 Å². The predicted molar refractivity (Wildman–Crippen MR) is 94.1 cm³/mol. The van der Waals surface area contributed by atoms with Crippen LogP contribution in [0.3, 0.4) is 0 Å². The number of carbonyl (C=O) groups excluding carboxylic acids is 1. The van der Waals surface area contributed by atoms with Crippen LogP contribution in [0.4, 0.5) is 10.1 Å². The van der Waals surface area contributed by atoms with Crippen molar-refractivity contribution in [1.29, 1.82) is 0 Å². The molecular weight excluding hydrogens is 289 g/mol. The number of rotatable bonds is 6. The Labute approximate surface area is 137 Å². The molecule has 0 aliphatic rings. The molecule has 0 heterocycles. The van der Waals surface area contributed by atoms with E-state index in [1.165, 1.54) is 6.07 Å². The van der Waals surface area contributed by atoms with Crippen LogP contribution in [0.5, 0.6) is 0 Å². The number of unbranched alkanes of at least 4 members (excludes halogenated alkanes) is 1. The first-order chi connectivity index (χ1) is 11.0. The molecule has 0 spiro atoms. The van der Waals surface area contributed by atoms with Crippen molar-refractivity contribution >= 4 is 17.2 Å². The van der Waals surface area contributed by atoms with Crippen LogP contribution >= 0.6 is 0 Å². The Morgan fingerprint density at radius 2 is 1.87 bits per heavy atom. The molecule has 0 bridgehead atoms. The first kappa shape index (κ1) is 16.9. The molecule has 0 aromatic heterocycles. The van der Waals surface area contributed by atoms with E-state index in [4.69, 9.17) is 0 Å². The fraction of sp³-hybridized carbons (Fsp3) is 0.250. The number of aryl methyl sites for hydroxylation is 1. The van der Waals surface area contributed by atoms with E-state index in [0.29, 0.717) is 5.56 Å². The minimum absolute atomic E-state index is 0.201. The average molecular weight is 311 g/mol. The standard InChI is InChI=1S/C20H22FNO/c1-4-5-8-15-11-12-19(18(21)13-15)22-20(23)17-10-7-6-9-16(17)14(2)3/h6-7,9-13H,2,4-5,8H2,1,3H3,(H,22,23). The highest BCUT2D eigenvalue weighted by Crippen LogP contribution is 2.21. The van der Waals surface area contributed by atoms with E-state index in [0.717, 1.165) is 36.0 Å². The SMILES string of the molecule is C=C(C)c1ccccc1C(=O)Nc1ccc(CCCC)cc1F. The molecule has 0 saturated heterocycles. The average Bonchev–Trinajstić information content (AvgIpc) is 2.55. The molecule has 0 saturated carbocycles. The van der Waals surface area contributed by atoms with Crippen molar-refractivity contribution in [1.82, 2.24) is 0 Å². The molecule has 1 N–H and O–H groups in total. The molecule has 1 amide bonds.